The molecule has 0 bridgehead atoms. The van der Waals surface area contributed by atoms with Crippen LogP contribution in [0, 0.1) is 6.92 Å². The molecule has 0 atom stereocenters. The molecule has 1 aromatic rings. The van der Waals surface area contributed by atoms with Crippen molar-refractivity contribution in [2.24, 2.45) is 0 Å². The minimum atomic E-state index is 0.000304. The predicted octanol–water partition coefficient (Wildman–Crippen LogP) is 2.98. The van der Waals surface area contributed by atoms with E-state index in [1.54, 1.807) is 20.3 Å². The van der Waals surface area contributed by atoms with Crippen molar-refractivity contribution in [3.63, 3.8) is 0 Å². The Bertz CT molecular complexity index is 399. The summed E-state index contributed by atoms with van der Waals surface area (Å²) >= 11 is 3.36. The Balaban J connectivity index is 3.51. The van der Waals surface area contributed by atoms with Crippen LogP contribution in [0.3, 0.4) is 0 Å². The van der Waals surface area contributed by atoms with Crippen molar-refractivity contribution in [1.29, 1.82) is 0 Å². The van der Waals surface area contributed by atoms with Crippen LogP contribution < -0.4 is 9.47 Å². The lowest BCUT2D eigenvalue weighted by Crippen LogP contribution is -2.02. The molecule has 3 nitrogen and oxygen atoms in total. The van der Waals surface area contributed by atoms with Crippen molar-refractivity contribution in [1.82, 2.24) is 0 Å². The summed E-state index contributed by atoms with van der Waals surface area (Å²) in [5.74, 6) is 1.17. The van der Waals surface area contributed by atoms with E-state index in [2.05, 4.69) is 15.9 Å². The van der Waals surface area contributed by atoms with Gasteiger partial charge >= 0.3 is 0 Å². The molecule has 15 heavy (non-hydrogen) atoms. The Morgan fingerprint density at radius 2 is 1.93 bits per heavy atom. The second-order valence-electron chi connectivity index (χ2n) is 3.17. The Morgan fingerprint density at radius 1 is 1.33 bits per heavy atom. The van der Waals surface area contributed by atoms with Crippen LogP contribution in [0.1, 0.15) is 22.8 Å². The molecule has 0 spiro atoms. The number of ether oxygens (including phenoxy) is 2. The van der Waals surface area contributed by atoms with E-state index in [0.29, 0.717) is 21.5 Å². The molecule has 4 heteroatoms. The summed E-state index contributed by atoms with van der Waals surface area (Å²) in [6.45, 7) is 3.39. The number of hydrogen-bond acceptors (Lipinski definition) is 3. The third-order valence-corrected chi connectivity index (χ3v) is 2.92. The molecule has 0 aliphatic carbocycles. The van der Waals surface area contributed by atoms with Crippen molar-refractivity contribution in [2.75, 3.05) is 14.2 Å². The fourth-order valence-electron chi connectivity index (χ4n) is 1.50. The number of aryl methyl sites for hydroxylation is 1. The fourth-order valence-corrected chi connectivity index (χ4v) is 2.45. The molecule has 0 N–H and O–H groups in total. The first-order chi connectivity index (χ1) is 7.02. The Kier molecular flexibility index (Phi) is 3.74. The van der Waals surface area contributed by atoms with Gasteiger partial charge in [0.1, 0.15) is 0 Å². The summed E-state index contributed by atoms with van der Waals surface area (Å²) in [4.78, 5) is 11.4. The van der Waals surface area contributed by atoms with Crippen LogP contribution >= 0.6 is 15.9 Å². The zero-order chi connectivity index (χ0) is 11.6. The molecule has 0 fully saturated rings. The van der Waals surface area contributed by atoms with Crippen LogP contribution in [0.25, 0.3) is 0 Å². The number of Topliss-reactive ketones (excluding diaryl/α,β-unsaturated/α-hetero) is 1. The van der Waals surface area contributed by atoms with Crippen molar-refractivity contribution >= 4 is 21.7 Å². The van der Waals surface area contributed by atoms with Crippen LogP contribution in [0.5, 0.6) is 11.5 Å². The number of rotatable bonds is 3. The lowest BCUT2D eigenvalue weighted by molar-refractivity contribution is 0.101. The number of benzene rings is 1. The highest BCUT2D eigenvalue weighted by Crippen LogP contribution is 2.39. The predicted molar refractivity (Wildman–Crippen MR) is 62.0 cm³/mol. The first kappa shape index (κ1) is 12.0. The maximum Gasteiger partial charge on any atom is 0.175 e. The third kappa shape index (κ3) is 2.15. The van der Waals surface area contributed by atoms with Gasteiger partial charge in [-0.15, -0.1) is 0 Å². The van der Waals surface area contributed by atoms with Crippen molar-refractivity contribution in [2.45, 2.75) is 13.8 Å². The van der Waals surface area contributed by atoms with Crippen molar-refractivity contribution < 1.29 is 14.3 Å². The van der Waals surface area contributed by atoms with Crippen LogP contribution in [0.2, 0.25) is 0 Å². The lowest BCUT2D eigenvalue weighted by atomic mass is 10.0. The van der Waals surface area contributed by atoms with Gasteiger partial charge in [0, 0.05) is 5.56 Å². The van der Waals surface area contributed by atoms with Gasteiger partial charge < -0.3 is 9.47 Å². The van der Waals surface area contributed by atoms with Gasteiger partial charge in [0.2, 0.25) is 0 Å². The zero-order valence-electron chi connectivity index (χ0n) is 9.18. The summed E-state index contributed by atoms with van der Waals surface area (Å²) in [7, 11) is 3.11. The molecule has 0 radical (unpaired) electrons. The molecule has 82 valence electrons. The molecule has 1 rings (SSSR count). The van der Waals surface area contributed by atoms with E-state index in [-0.39, 0.29) is 5.78 Å². The van der Waals surface area contributed by atoms with Gasteiger partial charge in [-0.1, -0.05) is 0 Å². The number of ketones is 1. The summed E-state index contributed by atoms with van der Waals surface area (Å²) in [6, 6.07) is 1.79. The largest absolute Gasteiger partial charge is 0.493 e. The second kappa shape index (κ2) is 4.66. The van der Waals surface area contributed by atoms with Crippen LogP contribution in [0.15, 0.2) is 10.5 Å². The van der Waals surface area contributed by atoms with E-state index < -0.39 is 0 Å². The topological polar surface area (TPSA) is 35.5 Å². The number of halogens is 1. The molecule has 0 aliphatic heterocycles. The molecular weight excluding hydrogens is 260 g/mol. The average Bonchev–Trinajstić information content (AvgIpc) is 2.16. The zero-order valence-corrected chi connectivity index (χ0v) is 10.8. The molecule has 0 amide bonds. The first-order valence-corrected chi connectivity index (χ1v) is 5.24. The Hall–Kier alpha value is -1.03. The van der Waals surface area contributed by atoms with Crippen molar-refractivity contribution in [3.8, 4) is 11.5 Å². The highest BCUT2D eigenvalue weighted by Gasteiger charge is 2.18. The smallest absolute Gasteiger partial charge is 0.175 e. The number of methoxy groups -OCH3 is 2. The lowest BCUT2D eigenvalue weighted by Gasteiger charge is -2.14. The van der Waals surface area contributed by atoms with Gasteiger partial charge in [-0.05, 0) is 41.4 Å². The maximum atomic E-state index is 11.4. The molecule has 0 unspecified atom stereocenters. The third-order valence-electron chi connectivity index (χ3n) is 2.16. The maximum absolute atomic E-state index is 11.4. The summed E-state index contributed by atoms with van der Waals surface area (Å²) in [5, 5.41) is 0. The van der Waals surface area contributed by atoms with Crippen LogP contribution in [0.4, 0.5) is 0 Å². The van der Waals surface area contributed by atoms with Crippen LogP contribution in [-0.4, -0.2) is 20.0 Å². The quantitative estimate of drug-likeness (QED) is 0.794. The molecule has 0 aliphatic rings. The number of carbonyl (C=O) groups excluding carboxylic acids is 1. The molecule has 0 saturated heterocycles. The highest BCUT2D eigenvalue weighted by atomic mass is 79.9. The molecular formula is C11H13BrO3. The Labute approximate surface area is 97.5 Å². The Morgan fingerprint density at radius 3 is 2.33 bits per heavy atom. The van der Waals surface area contributed by atoms with Gasteiger partial charge in [-0.3, -0.25) is 4.79 Å². The molecule has 0 saturated carbocycles. The minimum absolute atomic E-state index is 0.000304. The monoisotopic (exact) mass is 272 g/mol. The van der Waals surface area contributed by atoms with Crippen molar-refractivity contribution in [3.05, 3.63) is 21.7 Å². The van der Waals surface area contributed by atoms with Gasteiger partial charge in [-0.25, -0.2) is 0 Å². The van der Waals surface area contributed by atoms with Gasteiger partial charge in [0.05, 0.1) is 18.7 Å². The van der Waals surface area contributed by atoms with E-state index in [1.807, 2.05) is 6.92 Å². The first-order valence-electron chi connectivity index (χ1n) is 4.45. The van der Waals surface area contributed by atoms with E-state index in [0.717, 1.165) is 5.56 Å². The van der Waals surface area contributed by atoms with Gasteiger partial charge in [-0.2, -0.15) is 0 Å². The van der Waals surface area contributed by atoms with E-state index >= 15 is 0 Å². The van der Waals surface area contributed by atoms with Gasteiger partial charge in [0.15, 0.2) is 17.3 Å². The normalized spacial score (nSPS) is 9.93. The number of hydrogen-bond donors (Lipinski definition) is 0. The second-order valence-corrected chi connectivity index (χ2v) is 3.97. The fraction of sp³-hybridized carbons (Fsp3) is 0.364. The summed E-state index contributed by atoms with van der Waals surface area (Å²) < 4.78 is 11.0. The summed E-state index contributed by atoms with van der Waals surface area (Å²) in [5.41, 5.74) is 1.50. The molecule has 0 heterocycles. The van der Waals surface area contributed by atoms with Crippen LogP contribution in [-0.2, 0) is 0 Å². The van der Waals surface area contributed by atoms with E-state index in [1.165, 1.54) is 6.92 Å². The molecule has 0 aromatic heterocycles. The van der Waals surface area contributed by atoms with E-state index in [4.69, 9.17) is 9.47 Å². The van der Waals surface area contributed by atoms with E-state index in [9.17, 15) is 4.79 Å². The standard InChI is InChI=1S/C11H13BrO3/c1-6-5-8(14-3)11(15-4)10(12)9(6)7(2)13/h5H,1-4H3. The highest BCUT2D eigenvalue weighted by molar-refractivity contribution is 9.10. The minimum Gasteiger partial charge on any atom is -0.493 e. The van der Waals surface area contributed by atoms with Gasteiger partial charge in [0.25, 0.3) is 0 Å². The SMILES string of the molecule is COc1cc(C)c(C(C)=O)c(Br)c1OC. The summed E-state index contributed by atoms with van der Waals surface area (Å²) in [6.07, 6.45) is 0. The molecule has 1 aromatic carbocycles. The number of carbonyl (C=O) groups is 1. The average molecular weight is 273 g/mol.